The van der Waals surface area contributed by atoms with Crippen LogP contribution in [0.5, 0.6) is 0 Å². The van der Waals surface area contributed by atoms with E-state index >= 15 is 0 Å². The van der Waals surface area contributed by atoms with Crippen LogP contribution in [-0.4, -0.2) is 25.0 Å². The summed E-state index contributed by atoms with van der Waals surface area (Å²) in [6.45, 7) is 5.96. The van der Waals surface area contributed by atoms with E-state index in [0.29, 0.717) is 6.04 Å². The molecule has 1 fully saturated rings. The summed E-state index contributed by atoms with van der Waals surface area (Å²) in [6.07, 6.45) is 1.99. The number of rotatable bonds is 3. The van der Waals surface area contributed by atoms with Gasteiger partial charge in [-0.15, -0.1) is 0 Å². The second kappa shape index (κ2) is 4.45. The molecule has 0 spiro atoms. The molecule has 1 saturated heterocycles. The van der Waals surface area contributed by atoms with E-state index < -0.39 is 0 Å². The first-order valence-corrected chi connectivity index (χ1v) is 4.75. The Balaban J connectivity index is 2.27. The minimum absolute atomic E-state index is 0.207. The average Bonchev–Trinajstić information content (AvgIpc) is 2.56. The molecular formula is C9H18N2O. The van der Waals surface area contributed by atoms with Gasteiger partial charge in [-0.2, -0.15) is 0 Å². The molecule has 0 saturated carbocycles. The number of hydrogen-bond donors (Lipinski definition) is 2. The lowest BCUT2D eigenvalue weighted by Crippen LogP contribution is -2.37. The predicted octanol–water partition coefficient (Wildman–Crippen LogP) is 0.511. The zero-order valence-electron chi connectivity index (χ0n) is 7.89. The van der Waals surface area contributed by atoms with Crippen LogP contribution in [0, 0.1) is 5.92 Å². The van der Waals surface area contributed by atoms with Gasteiger partial charge in [0.25, 0.3) is 0 Å². The van der Waals surface area contributed by atoms with E-state index in [4.69, 9.17) is 0 Å². The van der Waals surface area contributed by atoms with Crippen LogP contribution in [0.4, 0.5) is 0 Å². The molecular weight excluding hydrogens is 152 g/mol. The molecule has 1 heterocycles. The highest BCUT2D eigenvalue weighted by Gasteiger charge is 2.22. The molecule has 1 aliphatic rings. The lowest BCUT2D eigenvalue weighted by atomic mass is 10.1. The lowest BCUT2D eigenvalue weighted by molar-refractivity contribution is -0.125. The summed E-state index contributed by atoms with van der Waals surface area (Å²) in [4.78, 5) is 11.5. The predicted molar refractivity (Wildman–Crippen MR) is 48.9 cm³/mol. The third-order valence-corrected chi connectivity index (χ3v) is 2.43. The SMILES string of the molecule is CCC(C)NC(=O)C1CCNC1. The number of nitrogens with one attached hydrogen (secondary N) is 2. The fourth-order valence-electron chi connectivity index (χ4n) is 1.34. The molecule has 0 radical (unpaired) electrons. The van der Waals surface area contributed by atoms with Crippen molar-refractivity contribution in [3.8, 4) is 0 Å². The summed E-state index contributed by atoms with van der Waals surface area (Å²) in [6, 6.07) is 0.318. The van der Waals surface area contributed by atoms with Crippen LogP contribution in [0.2, 0.25) is 0 Å². The van der Waals surface area contributed by atoms with Crippen LogP contribution in [0.25, 0.3) is 0 Å². The van der Waals surface area contributed by atoms with Gasteiger partial charge in [-0.25, -0.2) is 0 Å². The second-order valence-corrected chi connectivity index (χ2v) is 3.51. The van der Waals surface area contributed by atoms with Gasteiger partial charge in [0.2, 0.25) is 5.91 Å². The Morgan fingerprint density at radius 1 is 1.75 bits per heavy atom. The number of hydrogen-bond acceptors (Lipinski definition) is 2. The van der Waals surface area contributed by atoms with Crippen molar-refractivity contribution in [2.45, 2.75) is 32.7 Å². The smallest absolute Gasteiger partial charge is 0.224 e. The quantitative estimate of drug-likeness (QED) is 0.648. The van der Waals surface area contributed by atoms with Gasteiger partial charge in [-0.1, -0.05) is 6.92 Å². The van der Waals surface area contributed by atoms with Crippen molar-refractivity contribution in [1.29, 1.82) is 0 Å². The Bertz CT molecular complexity index is 153. The third kappa shape index (κ3) is 2.48. The molecule has 1 rings (SSSR count). The summed E-state index contributed by atoms with van der Waals surface area (Å²) in [7, 11) is 0. The maximum atomic E-state index is 11.5. The van der Waals surface area contributed by atoms with Crippen molar-refractivity contribution in [1.82, 2.24) is 10.6 Å². The summed E-state index contributed by atoms with van der Waals surface area (Å²) >= 11 is 0. The molecule has 70 valence electrons. The molecule has 0 aromatic heterocycles. The highest BCUT2D eigenvalue weighted by atomic mass is 16.2. The monoisotopic (exact) mass is 170 g/mol. The Labute approximate surface area is 73.9 Å². The van der Waals surface area contributed by atoms with E-state index in [2.05, 4.69) is 17.6 Å². The molecule has 1 amide bonds. The highest BCUT2D eigenvalue weighted by molar-refractivity contribution is 5.79. The summed E-state index contributed by atoms with van der Waals surface area (Å²) in [5.74, 6) is 0.424. The minimum atomic E-state index is 0.207. The van der Waals surface area contributed by atoms with Gasteiger partial charge in [0.1, 0.15) is 0 Å². The normalized spacial score (nSPS) is 25.3. The van der Waals surface area contributed by atoms with Crippen LogP contribution in [0.15, 0.2) is 0 Å². The highest BCUT2D eigenvalue weighted by Crippen LogP contribution is 2.07. The number of amides is 1. The fourth-order valence-corrected chi connectivity index (χ4v) is 1.34. The first-order valence-electron chi connectivity index (χ1n) is 4.75. The van der Waals surface area contributed by atoms with Crippen molar-refractivity contribution in [3.05, 3.63) is 0 Å². The van der Waals surface area contributed by atoms with Crippen molar-refractivity contribution >= 4 is 5.91 Å². The molecule has 2 atom stereocenters. The first kappa shape index (κ1) is 9.52. The summed E-state index contributed by atoms with van der Waals surface area (Å²) < 4.78 is 0. The van der Waals surface area contributed by atoms with Crippen LogP contribution < -0.4 is 10.6 Å². The van der Waals surface area contributed by atoms with Gasteiger partial charge < -0.3 is 10.6 Å². The molecule has 3 heteroatoms. The molecule has 1 aliphatic heterocycles. The van der Waals surface area contributed by atoms with E-state index in [1.54, 1.807) is 0 Å². The average molecular weight is 170 g/mol. The molecule has 0 aromatic carbocycles. The van der Waals surface area contributed by atoms with Crippen molar-refractivity contribution < 1.29 is 4.79 Å². The van der Waals surface area contributed by atoms with Crippen LogP contribution in [0.1, 0.15) is 26.7 Å². The number of carbonyl (C=O) groups is 1. The number of carbonyl (C=O) groups excluding carboxylic acids is 1. The molecule has 2 unspecified atom stereocenters. The Morgan fingerprint density at radius 3 is 3.00 bits per heavy atom. The molecule has 2 N–H and O–H groups in total. The van der Waals surface area contributed by atoms with Crippen LogP contribution >= 0.6 is 0 Å². The lowest BCUT2D eigenvalue weighted by Gasteiger charge is -2.14. The van der Waals surface area contributed by atoms with Gasteiger partial charge in [-0.05, 0) is 26.3 Å². The van der Waals surface area contributed by atoms with Gasteiger partial charge in [0, 0.05) is 12.6 Å². The Kier molecular flexibility index (Phi) is 3.53. The van der Waals surface area contributed by atoms with Crippen LogP contribution in [0.3, 0.4) is 0 Å². The Morgan fingerprint density at radius 2 is 2.50 bits per heavy atom. The van der Waals surface area contributed by atoms with Gasteiger partial charge in [0.15, 0.2) is 0 Å². The molecule has 0 aromatic rings. The Hall–Kier alpha value is -0.570. The van der Waals surface area contributed by atoms with E-state index in [-0.39, 0.29) is 11.8 Å². The maximum absolute atomic E-state index is 11.5. The van der Waals surface area contributed by atoms with E-state index in [9.17, 15) is 4.79 Å². The van der Waals surface area contributed by atoms with E-state index in [0.717, 1.165) is 25.9 Å². The van der Waals surface area contributed by atoms with Crippen LogP contribution in [-0.2, 0) is 4.79 Å². The topological polar surface area (TPSA) is 41.1 Å². The second-order valence-electron chi connectivity index (χ2n) is 3.51. The zero-order chi connectivity index (χ0) is 8.97. The van der Waals surface area contributed by atoms with Crippen molar-refractivity contribution in [2.75, 3.05) is 13.1 Å². The van der Waals surface area contributed by atoms with Gasteiger partial charge >= 0.3 is 0 Å². The molecule has 3 nitrogen and oxygen atoms in total. The third-order valence-electron chi connectivity index (χ3n) is 2.43. The minimum Gasteiger partial charge on any atom is -0.353 e. The molecule has 12 heavy (non-hydrogen) atoms. The standard InChI is InChI=1S/C9H18N2O/c1-3-7(2)11-9(12)8-4-5-10-6-8/h7-8,10H,3-6H2,1-2H3,(H,11,12). The summed E-state index contributed by atoms with van der Waals surface area (Å²) in [5.41, 5.74) is 0. The van der Waals surface area contributed by atoms with Crippen molar-refractivity contribution in [2.24, 2.45) is 5.92 Å². The van der Waals surface area contributed by atoms with Gasteiger partial charge in [0.05, 0.1) is 5.92 Å². The van der Waals surface area contributed by atoms with Gasteiger partial charge in [-0.3, -0.25) is 4.79 Å². The van der Waals surface area contributed by atoms with E-state index in [1.165, 1.54) is 0 Å². The van der Waals surface area contributed by atoms with Crippen molar-refractivity contribution in [3.63, 3.8) is 0 Å². The molecule has 0 aliphatic carbocycles. The van der Waals surface area contributed by atoms with E-state index in [1.807, 2.05) is 6.92 Å². The largest absolute Gasteiger partial charge is 0.353 e. The first-order chi connectivity index (χ1) is 5.74. The summed E-state index contributed by atoms with van der Waals surface area (Å²) in [5, 5.41) is 6.18. The zero-order valence-corrected chi connectivity index (χ0v) is 7.89. The maximum Gasteiger partial charge on any atom is 0.224 e. The fraction of sp³-hybridized carbons (Fsp3) is 0.889. The molecule has 0 bridgehead atoms.